The molecule has 1 aromatic heterocycles. The lowest BCUT2D eigenvalue weighted by molar-refractivity contribution is -0.115. The first-order chi connectivity index (χ1) is 14.1. The summed E-state index contributed by atoms with van der Waals surface area (Å²) in [5, 5.41) is 14.6. The molecule has 1 amide bonds. The van der Waals surface area contributed by atoms with Gasteiger partial charge in [0.2, 0.25) is 5.91 Å². The molecule has 2 aromatic carbocycles. The first kappa shape index (κ1) is 17.8. The number of likely N-dealkylation sites (tertiary alicyclic amines) is 1. The summed E-state index contributed by atoms with van der Waals surface area (Å²) >= 11 is 0. The predicted octanol–water partition coefficient (Wildman–Crippen LogP) is 2.24. The molecule has 8 nitrogen and oxygen atoms in total. The standard InChI is InChI=1S/C21H23N5O3/c1-26-11-15(12-26)22-14-3-4-17-16(10-14)21(25-24-17)23-20(27)9-13-2-5-18-19(8-13)29-7-6-28-18/h2-5,8,10,15,22H,6-7,9,11-12H2,1H3,(H2,23,24,25,27). The molecule has 150 valence electrons. The van der Waals surface area contributed by atoms with E-state index in [-0.39, 0.29) is 12.3 Å². The van der Waals surface area contributed by atoms with Gasteiger partial charge >= 0.3 is 0 Å². The Bertz CT molecular complexity index is 1060. The number of fused-ring (bicyclic) bond motifs is 2. The Balaban J connectivity index is 1.28. The lowest BCUT2D eigenvalue weighted by Gasteiger charge is -2.37. The molecule has 3 aromatic rings. The zero-order chi connectivity index (χ0) is 19.8. The van der Waals surface area contributed by atoms with Gasteiger partial charge in [0.05, 0.1) is 18.0 Å². The van der Waals surface area contributed by atoms with Gasteiger partial charge in [-0.3, -0.25) is 9.89 Å². The summed E-state index contributed by atoms with van der Waals surface area (Å²) in [6, 6.07) is 12.1. The van der Waals surface area contributed by atoms with E-state index in [1.54, 1.807) is 0 Å². The molecule has 0 unspecified atom stereocenters. The van der Waals surface area contributed by atoms with E-state index >= 15 is 0 Å². The number of aromatic nitrogens is 2. The molecule has 5 rings (SSSR count). The van der Waals surface area contributed by atoms with E-state index < -0.39 is 0 Å². The van der Waals surface area contributed by atoms with Gasteiger partial charge in [-0.05, 0) is 42.9 Å². The van der Waals surface area contributed by atoms with Gasteiger partial charge in [0, 0.05) is 24.2 Å². The molecule has 0 spiro atoms. The number of hydrogen-bond acceptors (Lipinski definition) is 6. The highest BCUT2D eigenvalue weighted by atomic mass is 16.6. The van der Waals surface area contributed by atoms with E-state index in [0.29, 0.717) is 30.8 Å². The highest BCUT2D eigenvalue weighted by Crippen LogP contribution is 2.31. The van der Waals surface area contributed by atoms with Crippen LogP contribution >= 0.6 is 0 Å². The number of carbonyl (C=O) groups is 1. The summed E-state index contributed by atoms with van der Waals surface area (Å²) in [5.41, 5.74) is 2.78. The third kappa shape index (κ3) is 3.71. The van der Waals surface area contributed by atoms with Crippen molar-refractivity contribution >= 4 is 28.3 Å². The number of hydrogen-bond donors (Lipinski definition) is 3. The molecule has 3 N–H and O–H groups in total. The maximum atomic E-state index is 12.6. The second-order valence-corrected chi connectivity index (χ2v) is 7.60. The summed E-state index contributed by atoms with van der Waals surface area (Å²) in [5.74, 6) is 1.81. The van der Waals surface area contributed by atoms with Crippen LogP contribution in [0.4, 0.5) is 11.5 Å². The number of rotatable bonds is 5. The molecule has 29 heavy (non-hydrogen) atoms. The van der Waals surface area contributed by atoms with Gasteiger partial charge in [0.15, 0.2) is 17.3 Å². The smallest absolute Gasteiger partial charge is 0.230 e. The van der Waals surface area contributed by atoms with Crippen LogP contribution in [0.2, 0.25) is 0 Å². The first-order valence-corrected chi connectivity index (χ1v) is 9.75. The SMILES string of the molecule is CN1CC(Nc2ccc3[nH]nc(NC(=O)Cc4ccc5c(c4)OCCO5)c3c2)C1. The van der Waals surface area contributed by atoms with Crippen molar-refractivity contribution in [1.29, 1.82) is 0 Å². The molecule has 2 aliphatic rings. The molecule has 0 radical (unpaired) electrons. The number of benzene rings is 2. The lowest BCUT2D eigenvalue weighted by atomic mass is 10.1. The topological polar surface area (TPSA) is 91.5 Å². The van der Waals surface area contributed by atoms with E-state index in [1.807, 2.05) is 36.4 Å². The van der Waals surface area contributed by atoms with Crippen LogP contribution < -0.4 is 20.1 Å². The van der Waals surface area contributed by atoms with E-state index in [2.05, 4.69) is 32.8 Å². The number of ether oxygens (including phenoxy) is 2. The van der Waals surface area contributed by atoms with E-state index in [0.717, 1.165) is 41.0 Å². The summed E-state index contributed by atoms with van der Waals surface area (Å²) in [7, 11) is 2.10. The maximum absolute atomic E-state index is 12.6. The van der Waals surface area contributed by atoms with E-state index in [1.165, 1.54) is 0 Å². The molecule has 1 fully saturated rings. The Morgan fingerprint density at radius 1 is 1.17 bits per heavy atom. The first-order valence-electron chi connectivity index (χ1n) is 9.75. The van der Waals surface area contributed by atoms with Crippen LogP contribution in [0.5, 0.6) is 11.5 Å². The summed E-state index contributed by atoms with van der Waals surface area (Å²) in [4.78, 5) is 14.8. The normalized spacial score (nSPS) is 16.4. The second kappa shape index (κ2) is 7.29. The summed E-state index contributed by atoms with van der Waals surface area (Å²) < 4.78 is 11.1. The number of H-pyrrole nitrogens is 1. The largest absolute Gasteiger partial charge is 0.486 e. The Morgan fingerprint density at radius 2 is 2.00 bits per heavy atom. The Kier molecular flexibility index (Phi) is 4.48. The maximum Gasteiger partial charge on any atom is 0.230 e. The van der Waals surface area contributed by atoms with Crippen molar-refractivity contribution in [3.8, 4) is 11.5 Å². The van der Waals surface area contributed by atoms with Gasteiger partial charge in [-0.15, -0.1) is 0 Å². The number of likely N-dealkylation sites (N-methyl/N-ethyl adjacent to an activating group) is 1. The third-order valence-electron chi connectivity index (χ3n) is 5.23. The van der Waals surface area contributed by atoms with Gasteiger partial charge in [-0.1, -0.05) is 6.07 Å². The fraction of sp³-hybridized carbons (Fsp3) is 0.333. The van der Waals surface area contributed by atoms with Crippen LogP contribution in [0, 0.1) is 0 Å². The number of nitrogens with one attached hydrogen (secondary N) is 3. The molecular formula is C21H23N5O3. The van der Waals surface area contributed by atoms with Crippen molar-refractivity contribution in [2.75, 3.05) is 44.0 Å². The van der Waals surface area contributed by atoms with Gasteiger partial charge in [0.1, 0.15) is 13.2 Å². The lowest BCUT2D eigenvalue weighted by Crippen LogP contribution is -2.52. The monoisotopic (exact) mass is 393 g/mol. The number of amides is 1. The molecule has 0 saturated carbocycles. The molecule has 0 atom stereocenters. The average molecular weight is 393 g/mol. The second-order valence-electron chi connectivity index (χ2n) is 7.60. The molecule has 0 bridgehead atoms. The van der Waals surface area contributed by atoms with Crippen molar-refractivity contribution in [3.05, 3.63) is 42.0 Å². The zero-order valence-corrected chi connectivity index (χ0v) is 16.2. The van der Waals surface area contributed by atoms with Crippen LogP contribution in [0.1, 0.15) is 5.56 Å². The van der Waals surface area contributed by atoms with Crippen LogP contribution in [0.15, 0.2) is 36.4 Å². The van der Waals surface area contributed by atoms with Crippen LogP contribution in [-0.4, -0.2) is 60.4 Å². The molecule has 8 heteroatoms. The Labute approximate surface area is 168 Å². The van der Waals surface area contributed by atoms with Gasteiger partial charge in [0.25, 0.3) is 0 Å². The molecule has 0 aliphatic carbocycles. The predicted molar refractivity (Wildman–Crippen MR) is 111 cm³/mol. The number of anilines is 2. The molecular weight excluding hydrogens is 370 g/mol. The van der Waals surface area contributed by atoms with Gasteiger partial charge in [-0.2, -0.15) is 5.10 Å². The number of nitrogens with zero attached hydrogens (tertiary/aromatic N) is 2. The van der Waals surface area contributed by atoms with Crippen molar-refractivity contribution in [2.45, 2.75) is 12.5 Å². The Hall–Kier alpha value is -3.26. The van der Waals surface area contributed by atoms with Crippen molar-refractivity contribution in [3.63, 3.8) is 0 Å². The van der Waals surface area contributed by atoms with Crippen molar-refractivity contribution < 1.29 is 14.3 Å². The third-order valence-corrected chi connectivity index (χ3v) is 5.23. The van der Waals surface area contributed by atoms with Gasteiger partial charge in [-0.25, -0.2) is 0 Å². The molecule has 1 saturated heterocycles. The Morgan fingerprint density at radius 3 is 2.83 bits per heavy atom. The average Bonchev–Trinajstić information content (AvgIpc) is 3.09. The van der Waals surface area contributed by atoms with Crippen LogP contribution in [0.3, 0.4) is 0 Å². The quantitative estimate of drug-likeness (QED) is 0.616. The van der Waals surface area contributed by atoms with Crippen LogP contribution in [-0.2, 0) is 11.2 Å². The van der Waals surface area contributed by atoms with E-state index in [9.17, 15) is 4.79 Å². The van der Waals surface area contributed by atoms with Crippen molar-refractivity contribution in [2.24, 2.45) is 0 Å². The summed E-state index contributed by atoms with van der Waals surface area (Å²) in [6.45, 7) is 3.13. The fourth-order valence-electron chi connectivity index (χ4n) is 3.78. The van der Waals surface area contributed by atoms with Crippen molar-refractivity contribution in [1.82, 2.24) is 15.1 Å². The fourth-order valence-corrected chi connectivity index (χ4v) is 3.78. The number of carbonyl (C=O) groups excluding carboxylic acids is 1. The summed E-state index contributed by atoms with van der Waals surface area (Å²) in [6.07, 6.45) is 0.233. The number of aromatic amines is 1. The minimum Gasteiger partial charge on any atom is -0.486 e. The van der Waals surface area contributed by atoms with Crippen LogP contribution in [0.25, 0.3) is 10.9 Å². The van der Waals surface area contributed by atoms with E-state index in [4.69, 9.17) is 9.47 Å². The minimum atomic E-state index is -0.131. The minimum absolute atomic E-state index is 0.131. The zero-order valence-electron chi connectivity index (χ0n) is 16.2. The molecule has 2 aliphatic heterocycles. The highest BCUT2D eigenvalue weighted by Gasteiger charge is 2.23. The highest BCUT2D eigenvalue weighted by molar-refractivity contribution is 6.01. The molecule has 3 heterocycles. The van der Waals surface area contributed by atoms with Gasteiger partial charge < -0.3 is 25.0 Å².